The highest BCUT2D eigenvalue weighted by molar-refractivity contribution is 7.89. The summed E-state index contributed by atoms with van der Waals surface area (Å²) in [7, 11) is 1.39. The van der Waals surface area contributed by atoms with Gasteiger partial charge in [0, 0.05) is 20.6 Å². The van der Waals surface area contributed by atoms with Crippen molar-refractivity contribution in [3.05, 3.63) is 47.0 Å². The molecule has 0 N–H and O–H groups in total. The van der Waals surface area contributed by atoms with Gasteiger partial charge >= 0.3 is 0 Å². The third-order valence-corrected chi connectivity index (χ3v) is 5.86. The zero-order valence-corrected chi connectivity index (χ0v) is 15.4. The molecule has 2 rings (SSSR count). The Labute approximate surface area is 142 Å². The summed E-state index contributed by atoms with van der Waals surface area (Å²) in [4.78, 5) is 2.24. The zero-order valence-electron chi connectivity index (χ0n) is 14.6. The van der Waals surface area contributed by atoms with Crippen LogP contribution in [-0.2, 0) is 23.2 Å². The molecule has 0 aliphatic heterocycles. The average molecular weight is 354 g/mol. The molecule has 6 nitrogen and oxygen atoms in total. The van der Waals surface area contributed by atoms with Crippen LogP contribution in [-0.4, -0.2) is 48.5 Å². The Kier molecular flexibility index (Phi) is 5.42. The van der Waals surface area contributed by atoms with Gasteiger partial charge in [-0.05, 0) is 38.6 Å². The van der Waals surface area contributed by atoms with Crippen LogP contribution in [0.5, 0.6) is 0 Å². The topological polar surface area (TPSA) is 58.4 Å². The molecular formula is C16H23FN4O2S. The molecule has 1 aromatic carbocycles. The summed E-state index contributed by atoms with van der Waals surface area (Å²) >= 11 is 0. The van der Waals surface area contributed by atoms with Crippen LogP contribution in [0.3, 0.4) is 0 Å². The second-order valence-corrected chi connectivity index (χ2v) is 8.16. The van der Waals surface area contributed by atoms with Crippen molar-refractivity contribution in [2.24, 2.45) is 0 Å². The number of sulfonamides is 1. The van der Waals surface area contributed by atoms with Crippen molar-refractivity contribution in [2.75, 3.05) is 21.1 Å². The average Bonchev–Trinajstić information content (AvgIpc) is 2.76. The van der Waals surface area contributed by atoms with Crippen LogP contribution in [0.1, 0.15) is 17.0 Å². The van der Waals surface area contributed by atoms with Crippen LogP contribution in [0.2, 0.25) is 0 Å². The van der Waals surface area contributed by atoms with Crippen molar-refractivity contribution in [3.8, 4) is 0 Å². The lowest BCUT2D eigenvalue weighted by atomic mass is 10.2. The molecule has 1 aromatic heterocycles. The minimum absolute atomic E-state index is 0.252. The molecule has 24 heavy (non-hydrogen) atoms. The number of rotatable bonds is 6. The summed E-state index contributed by atoms with van der Waals surface area (Å²) in [5.41, 5.74) is 2.06. The summed E-state index contributed by atoms with van der Waals surface area (Å²) in [6, 6.07) is 6.31. The van der Waals surface area contributed by atoms with Gasteiger partial charge < -0.3 is 0 Å². The number of halogens is 1. The maximum Gasteiger partial charge on any atom is 0.246 e. The molecule has 0 spiro atoms. The molecular weight excluding hydrogens is 331 g/mol. The van der Waals surface area contributed by atoms with Crippen LogP contribution in [0, 0.1) is 19.7 Å². The second-order valence-electron chi connectivity index (χ2n) is 6.07. The third kappa shape index (κ3) is 3.82. The Bertz CT molecular complexity index is 813. The molecule has 1 heterocycles. The lowest BCUT2D eigenvalue weighted by molar-refractivity contribution is 0.243. The van der Waals surface area contributed by atoms with E-state index in [2.05, 4.69) is 5.10 Å². The molecule has 132 valence electrons. The van der Waals surface area contributed by atoms with Gasteiger partial charge in [-0.3, -0.25) is 9.58 Å². The van der Waals surface area contributed by atoms with Crippen molar-refractivity contribution >= 4 is 10.0 Å². The van der Waals surface area contributed by atoms with Crippen molar-refractivity contribution in [1.82, 2.24) is 19.0 Å². The van der Waals surface area contributed by atoms with Gasteiger partial charge in [0.25, 0.3) is 0 Å². The number of aromatic nitrogens is 2. The smallest absolute Gasteiger partial charge is 0.246 e. The normalized spacial score (nSPS) is 12.3. The van der Waals surface area contributed by atoms with Crippen molar-refractivity contribution in [3.63, 3.8) is 0 Å². The van der Waals surface area contributed by atoms with E-state index in [0.29, 0.717) is 24.6 Å². The molecule has 0 amide bonds. The van der Waals surface area contributed by atoms with Crippen LogP contribution < -0.4 is 0 Å². The van der Waals surface area contributed by atoms with Crippen LogP contribution in [0.25, 0.3) is 0 Å². The summed E-state index contributed by atoms with van der Waals surface area (Å²) in [6.45, 7) is 4.49. The van der Waals surface area contributed by atoms with Crippen LogP contribution >= 0.6 is 0 Å². The summed E-state index contributed by atoms with van der Waals surface area (Å²) in [6.07, 6.45) is 0. The number of aryl methyl sites for hydroxylation is 1. The molecule has 0 aliphatic carbocycles. The second kappa shape index (κ2) is 7.00. The monoisotopic (exact) mass is 354 g/mol. The lowest BCUT2D eigenvalue weighted by Crippen LogP contribution is -2.25. The molecule has 0 radical (unpaired) electrons. The van der Waals surface area contributed by atoms with Crippen molar-refractivity contribution in [1.29, 1.82) is 0 Å². The quantitative estimate of drug-likeness (QED) is 0.796. The van der Waals surface area contributed by atoms with E-state index in [1.165, 1.54) is 30.5 Å². The number of hydrogen-bond acceptors (Lipinski definition) is 4. The molecule has 0 unspecified atom stereocenters. The van der Waals surface area contributed by atoms with E-state index < -0.39 is 10.0 Å². The Hall–Kier alpha value is -1.77. The van der Waals surface area contributed by atoms with E-state index in [0.717, 1.165) is 5.56 Å². The van der Waals surface area contributed by atoms with E-state index >= 15 is 0 Å². The predicted molar refractivity (Wildman–Crippen MR) is 90.4 cm³/mol. The fraction of sp³-hybridized carbons (Fsp3) is 0.438. The minimum atomic E-state index is -3.53. The van der Waals surface area contributed by atoms with Gasteiger partial charge in [0.1, 0.15) is 10.7 Å². The fourth-order valence-electron chi connectivity index (χ4n) is 2.55. The summed E-state index contributed by atoms with van der Waals surface area (Å²) < 4.78 is 40.7. The summed E-state index contributed by atoms with van der Waals surface area (Å²) in [5.74, 6) is -0.265. The Morgan fingerprint density at radius 3 is 2.25 bits per heavy atom. The molecule has 0 saturated carbocycles. The number of nitrogens with zero attached hydrogens (tertiary/aromatic N) is 4. The largest absolute Gasteiger partial charge is 0.283 e. The van der Waals surface area contributed by atoms with Gasteiger partial charge in [-0.1, -0.05) is 12.1 Å². The molecule has 0 fully saturated rings. The van der Waals surface area contributed by atoms with Crippen LogP contribution in [0.4, 0.5) is 4.39 Å². The molecule has 0 bridgehead atoms. The maximum atomic E-state index is 13.0. The van der Waals surface area contributed by atoms with E-state index in [9.17, 15) is 12.8 Å². The third-order valence-electron chi connectivity index (χ3n) is 3.79. The Morgan fingerprint density at radius 1 is 1.12 bits per heavy atom. The van der Waals surface area contributed by atoms with Gasteiger partial charge in [0.15, 0.2) is 0 Å². The maximum absolute atomic E-state index is 13.0. The zero-order chi connectivity index (χ0) is 18.1. The molecule has 0 aliphatic rings. The van der Waals surface area contributed by atoms with E-state index in [4.69, 9.17) is 0 Å². The van der Waals surface area contributed by atoms with Gasteiger partial charge in [-0.2, -0.15) is 5.10 Å². The van der Waals surface area contributed by atoms with Gasteiger partial charge in [0.2, 0.25) is 10.0 Å². The van der Waals surface area contributed by atoms with E-state index in [1.54, 1.807) is 30.7 Å². The standard InChI is InChI=1S/C16H23FN4O2S/c1-12-16(24(22,23)19(3)4)13(2)21(18-12)11-20(5)10-14-6-8-15(17)9-7-14/h6-9H,10-11H2,1-5H3. The van der Waals surface area contributed by atoms with E-state index in [1.807, 2.05) is 11.9 Å². The molecule has 0 atom stereocenters. The highest BCUT2D eigenvalue weighted by Gasteiger charge is 2.26. The Balaban J connectivity index is 2.20. The predicted octanol–water partition coefficient (Wildman–Crippen LogP) is 1.98. The first-order valence-electron chi connectivity index (χ1n) is 7.52. The first-order chi connectivity index (χ1) is 11.1. The van der Waals surface area contributed by atoms with Gasteiger partial charge in [0.05, 0.1) is 18.1 Å². The number of hydrogen-bond donors (Lipinski definition) is 0. The molecule has 2 aromatic rings. The first kappa shape index (κ1) is 18.6. The van der Waals surface area contributed by atoms with Gasteiger partial charge in [-0.25, -0.2) is 17.1 Å². The van der Waals surface area contributed by atoms with Crippen LogP contribution in [0.15, 0.2) is 29.2 Å². The SMILES string of the molecule is Cc1nn(CN(C)Cc2ccc(F)cc2)c(C)c1S(=O)(=O)N(C)C. The number of benzene rings is 1. The molecule has 8 heteroatoms. The molecule has 0 saturated heterocycles. The highest BCUT2D eigenvalue weighted by atomic mass is 32.2. The Morgan fingerprint density at radius 2 is 1.71 bits per heavy atom. The van der Waals surface area contributed by atoms with Crippen molar-refractivity contribution in [2.45, 2.75) is 32.0 Å². The fourth-order valence-corrected chi connectivity index (χ4v) is 3.81. The van der Waals surface area contributed by atoms with E-state index in [-0.39, 0.29) is 10.7 Å². The van der Waals surface area contributed by atoms with Gasteiger partial charge in [-0.15, -0.1) is 0 Å². The lowest BCUT2D eigenvalue weighted by Gasteiger charge is -2.18. The summed E-state index contributed by atoms with van der Waals surface area (Å²) in [5, 5.41) is 4.36. The van der Waals surface area contributed by atoms with Crippen molar-refractivity contribution < 1.29 is 12.8 Å². The minimum Gasteiger partial charge on any atom is -0.283 e. The first-order valence-corrected chi connectivity index (χ1v) is 8.96. The highest BCUT2D eigenvalue weighted by Crippen LogP contribution is 2.22.